The van der Waals surface area contributed by atoms with E-state index in [9.17, 15) is 4.79 Å². The summed E-state index contributed by atoms with van der Waals surface area (Å²) < 4.78 is 11.9. The van der Waals surface area contributed by atoms with E-state index in [0.717, 1.165) is 37.6 Å². The molecule has 0 N–H and O–H groups in total. The Morgan fingerprint density at radius 2 is 2.14 bits per heavy atom. The van der Waals surface area contributed by atoms with E-state index >= 15 is 0 Å². The number of fused-ring (bicyclic) bond motifs is 5. The van der Waals surface area contributed by atoms with Gasteiger partial charge in [-0.15, -0.1) is 23.1 Å². The summed E-state index contributed by atoms with van der Waals surface area (Å²) in [6.45, 7) is 9.20. The monoisotopic (exact) mass is 431 g/mol. The zero-order valence-corrected chi connectivity index (χ0v) is 19.0. The Kier molecular flexibility index (Phi) is 5.52. The van der Waals surface area contributed by atoms with Crippen LogP contribution in [0.1, 0.15) is 56.9 Å². The van der Waals surface area contributed by atoms with Crippen LogP contribution in [0, 0.1) is 0 Å². The molecule has 154 valence electrons. The predicted octanol–water partition coefficient (Wildman–Crippen LogP) is 4.87. The minimum atomic E-state index is -0.213. The second-order valence-electron chi connectivity index (χ2n) is 8.15. The lowest BCUT2D eigenvalue weighted by molar-refractivity contribution is -0.140. The van der Waals surface area contributed by atoms with Crippen molar-refractivity contribution in [2.75, 3.05) is 12.9 Å². The number of nitrogens with zero attached hydrogens (tertiary/aromatic N) is 3. The molecule has 0 fully saturated rings. The Morgan fingerprint density at radius 3 is 2.86 bits per heavy atom. The first-order chi connectivity index (χ1) is 13.8. The normalized spacial score (nSPS) is 15.8. The number of esters is 1. The fourth-order valence-electron chi connectivity index (χ4n) is 3.72. The number of aromatic nitrogens is 3. The second-order valence-corrected chi connectivity index (χ2v) is 10.2. The lowest BCUT2D eigenvalue weighted by atomic mass is 9.87. The maximum absolute atomic E-state index is 11.4. The molecule has 0 aromatic carbocycles. The highest BCUT2D eigenvalue weighted by atomic mass is 32.2. The van der Waals surface area contributed by atoms with E-state index in [2.05, 4.69) is 37.7 Å². The van der Waals surface area contributed by atoms with Crippen LogP contribution in [0.15, 0.2) is 11.4 Å². The SMILES string of the molecule is COC(=O)CCSc1ncnc2c1sc1nc(C(C)C)c3c(c12)CC(C)(C)OC3. The van der Waals surface area contributed by atoms with Crippen LogP contribution < -0.4 is 0 Å². The summed E-state index contributed by atoms with van der Waals surface area (Å²) in [5.41, 5.74) is 4.38. The predicted molar refractivity (Wildman–Crippen MR) is 117 cm³/mol. The zero-order valence-electron chi connectivity index (χ0n) is 17.4. The maximum atomic E-state index is 11.4. The minimum absolute atomic E-state index is 0.210. The van der Waals surface area contributed by atoms with Crippen molar-refractivity contribution in [1.29, 1.82) is 0 Å². The van der Waals surface area contributed by atoms with Crippen molar-refractivity contribution in [2.45, 2.75) is 63.7 Å². The van der Waals surface area contributed by atoms with Crippen molar-refractivity contribution >= 4 is 49.5 Å². The Morgan fingerprint density at radius 1 is 1.34 bits per heavy atom. The molecule has 4 rings (SSSR count). The number of methoxy groups -OCH3 is 1. The van der Waals surface area contributed by atoms with Gasteiger partial charge >= 0.3 is 5.97 Å². The number of pyridine rings is 1. The molecule has 0 radical (unpaired) electrons. The van der Waals surface area contributed by atoms with E-state index in [1.165, 1.54) is 18.2 Å². The maximum Gasteiger partial charge on any atom is 0.306 e. The molecule has 0 amide bonds. The van der Waals surface area contributed by atoms with Crippen LogP contribution >= 0.6 is 23.1 Å². The molecule has 3 aromatic rings. The van der Waals surface area contributed by atoms with Gasteiger partial charge < -0.3 is 9.47 Å². The van der Waals surface area contributed by atoms with E-state index in [-0.39, 0.29) is 11.6 Å². The Hall–Kier alpha value is -1.77. The number of thiophene rings is 1. The van der Waals surface area contributed by atoms with Gasteiger partial charge in [-0.2, -0.15) is 0 Å². The van der Waals surface area contributed by atoms with Crippen LogP contribution in [-0.2, 0) is 27.3 Å². The van der Waals surface area contributed by atoms with Gasteiger partial charge in [0.25, 0.3) is 0 Å². The summed E-state index contributed by atoms with van der Waals surface area (Å²) in [4.78, 5) is 26.6. The van der Waals surface area contributed by atoms with Crippen molar-refractivity contribution in [3.8, 4) is 0 Å². The highest BCUT2D eigenvalue weighted by Gasteiger charge is 2.32. The van der Waals surface area contributed by atoms with Crippen LogP contribution in [0.5, 0.6) is 0 Å². The molecule has 8 heteroatoms. The van der Waals surface area contributed by atoms with Crippen molar-refractivity contribution in [2.24, 2.45) is 0 Å². The van der Waals surface area contributed by atoms with Gasteiger partial charge in [0.15, 0.2) is 0 Å². The van der Waals surface area contributed by atoms with Crippen LogP contribution in [0.25, 0.3) is 20.4 Å². The van der Waals surface area contributed by atoms with Gasteiger partial charge in [-0.05, 0) is 25.3 Å². The summed E-state index contributed by atoms with van der Waals surface area (Å²) in [7, 11) is 1.41. The fraction of sp³-hybridized carbons (Fsp3) is 0.524. The van der Waals surface area contributed by atoms with Gasteiger partial charge in [0, 0.05) is 23.1 Å². The minimum Gasteiger partial charge on any atom is -0.469 e. The van der Waals surface area contributed by atoms with Crippen LogP contribution in [0.2, 0.25) is 0 Å². The Labute approximate surface area is 178 Å². The molecule has 1 aliphatic rings. The average Bonchev–Trinajstić information content (AvgIpc) is 3.06. The number of carbonyl (C=O) groups excluding carboxylic acids is 1. The summed E-state index contributed by atoms with van der Waals surface area (Å²) >= 11 is 3.21. The molecule has 0 atom stereocenters. The first-order valence-corrected chi connectivity index (χ1v) is 11.5. The molecule has 0 saturated heterocycles. The summed E-state index contributed by atoms with van der Waals surface area (Å²) in [6.07, 6.45) is 2.80. The largest absolute Gasteiger partial charge is 0.469 e. The van der Waals surface area contributed by atoms with Crippen LogP contribution in [-0.4, -0.2) is 39.4 Å². The third-order valence-electron chi connectivity index (χ3n) is 5.15. The molecular weight excluding hydrogens is 406 g/mol. The first kappa shape index (κ1) is 20.5. The molecule has 0 unspecified atom stereocenters. The van der Waals surface area contributed by atoms with Gasteiger partial charge in [0.05, 0.1) is 41.6 Å². The van der Waals surface area contributed by atoms with Crippen molar-refractivity contribution in [1.82, 2.24) is 15.0 Å². The number of ether oxygens (including phenoxy) is 2. The van der Waals surface area contributed by atoms with E-state index in [1.54, 1.807) is 29.4 Å². The quantitative estimate of drug-likeness (QED) is 0.324. The molecule has 0 bridgehead atoms. The zero-order chi connectivity index (χ0) is 20.8. The molecule has 0 spiro atoms. The second kappa shape index (κ2) is 7.81. The summed E-state index contributed by atoms with van der Waals surface area (Å²) in [6, 6.07) is 0. The van der Waals surface area contributed by atoms with E-state index in [0.29, 0.717) is 24.7 Å². The standard InChI is InChI=1S/C21H25N3O3S2/c1-11(2)16-13-9-27-21(3,4)8-12(13)15-17-18(29-19(15)24-16)20(23-10-22-17)28-7-6-14(25)26-5/h10-11H,6-9H2,1-5H3. The number of hydrogen-bond acceptors (Lipinski definition) is 8. The van der Waals surface area contributed by atoms with Gasteiger partial charge in [0.1, 0.15) is 16.2 Å². The number of hydrogen-bond donors (Lipinski definition) is 0. The average molecular weight is 432 g/mol. The van der Waals surface area contributed by atoms with Gasteiger partial charge in [-0.1, -0.05) is 13.8 Å². The third-order valence-corrected chi connectivity index (χ3v) is 7.35. The first-order valence-electron chi connectivity index (χ1n) is 9.73. The lowest BCUT2D eigenvalue weighted by Gasteiger charge is -2.33. The fourth-order valence-corrected chi connectivity index (χ4v) is 5.89. The van der Waals surface area contributed by atoms with Crippen LogP contribution in [0.4, 0.5) is 0 Å². The number of carbonyl (C=O) groups is 1. The van der Waals surface area contributed by atoms with Gasteiger partial charge in [-0.3, -0.25) is 4.79 Å². The van der Waals surface area contributed by atoms with E-state index in [4.69, 9.17) is 14.5 Å². The molecule has 6 nitrogen and oxygen atoms in total. The van der Waals surface area contributed by atoms with Gasteiger partial charge in [-0.25, -0.2) is 15.0 Å². The molecule has 4 heterocycles. The van der Waals surface area contributed by atoms with Gasteiger partial charge in [0.2, 0.25) is 0 Å². The molecular formula is C21H25N3O3S2. The van der Waals surface area contributed by atoms with E-state index < -0.39 is 0 Å². The smallest absolute Gasteiger partial charge is 0.306 e. The summed E-state index contributed by atoms with van der Waals surface area (Å²) in [5.74, 6) is 0.735. The van der Waals surface area contributed by atoms with E-state index in [1.807, 2.05) is 0 Å². The lowest BCUT2D eigenvalue weighted by Crippen LogP contribution is -2.32. The highest BCUT2D eigenvalue weighted by molar-refractivity contribution is 7.99. The molecule has 0 saturated carbocycles. The van der Waals surface area contributed by atoms with Crippen molar-refractivity contribution < 1.29 is 14.3 Å². The topological polar surface area (TPSA) is 74.2 Å². The van der Waals surface area contributed by atoms with Crippen LogP contribution in [0.3, 0.4) is 0 Å². The number of thioether (sulfide) groups is 1. The molecule has 29 heavy (non-hydrogen) atoms. The Bertz CT molecular complexity index is 1090. The third kappa shape index (κ3) is 3.85. The molecule has 1 aliphatic heterocycles. The van der Waals surface area contributed by atoms with Crippen molar-refractivity contribution in [3.05, 3.63) is 23.1 Å². The summed E-state index contributed by atoms with van der Waals surface area (Å²) in [5, 5.41) is 2.03. The van der Waals surface area contributed by atoms with Crippen molar-refractivity contribution in [3.63, 3.8) is 0 Å². The molecule has 0 aliphatic carbocycles. The molecule has 3 aromatic heterocycles. The Balaban J connectivity index is 1.86. The number of rotatable bonds is 5. The highest BCUT2D eigenvalue weighted by Crippen LogP contribution is 2.43.